The van der Waals surface area contributed by atoms with Gasteiger partial charge in [-0.1, -0.05) is 18.2 Å². The third kappa shape index (κ3) is 31.9. The van der Waals surface area contributed by atoms with Crippen molar-refractivity contribution in [3.8, 4) is 5.75 Å². The molecule has 0 aromatic heterocycles. The number of hydrogen-bond acceptors (Lipinski definition) is 13. The molecular formula is C31H57NO12. The van der Waals surface area contributed by atoms with Crippen LogP contribution in [0.2, 0.25) is 0 Å². The molecule has 0 saturated carbocycles. The van der Waals surface area contributed by atoms with Crippen molar-refractivity contribution in [1.82, 2.24) is 5.32 Å². The van der Waals surface area contributed by atoms with Gasteiger partial charge in [0.2, 0.25) is 0 Å². The summed E-state index contributed by atoms with van der Waals surface area (Å²) in [6, 6.07) is 9.67. The van der Waals surface area contributed by atoms with E-state index >= 15 is 0 Å². The molecule has 0 bridgehead atoms. The summed E-state index contributed by atoms with van der Waals surface area (Å²) in [6.07, 6.45) is 0. The van der Waals surface area contributed by atoms with E-state index in [-0.39, 0.29) is 0 Å². The van der Waals surface area contributed by atoms with E-state index in [0.29, 0.717) is 152 Å². The van der Waals surface area contributed by atoms with Gasteiger partial charge in [-0.05, 0) is 19.2 Å². The molecule has 1 aromatic rings. The van der Waals surface area contributed by atoms with Crippen molar-refractivity contribution >= 4 is 0 Å². The number of rotatable bonds is 37. The number of likely N-dealkylation sites (N-methyl/N-ethyl adjacent to an activating group) is 1. The van der Waals surface area contributed by atoms with E-state index in [1.165, 1.54) is 0 Å². The van der Waals surface area contributed by atoms with Gasteiger partial charge in [-0.3, -0.25) is 0 Å². The van der Waals surface area contributed by atoms with Gasteiger partial charge in [-0.25, -0.2) is 0 Å². The molecule has 0 unspecified atom stereocenters. The Labute approximate surface area is 263 Å². The fraction of sp³-hybridized carbons (Fsp3) is 0.806. The number of nitrogens with one attached hydrogen (secondary N) is 1. The van der Waals surface area contributed by atoms with Gasteiger partial charge in [0.25, 0.3) is 0 Å². The summed E-state index contributed by atoms with van der Waals surface area (Å²) in [5.74, 6) is 0.845. The average Bonchev–Trinajstić information content (AvgIpc) is 3.05. The minimum absolute atomic E-state index is 0.513. The Morgan fingerprint density at radius 3 is 0.864 bits per heavy atom. The van der Waals surface area contributed by atoms with Crippen molar-refractivity contribution in [3.63, 3.8) is 0 Å². The molecule has 13 nitrogen and oxygen atoms in total. The summed E-state index contributed by atoms with van der Waals surface area (Å²) in [6.45, 7) is 13.2. The SMILES string of the molecule is CNCCOCCOCCOCCOCCOCCOCCOCCOCCOCCOCCOCCOc1ccccc1. The fourth-order valence-corrected chi connectivity index (χ4v) is 3.21. The molecule has 0 fully saturated rings. The largest absolute Gasteiger partial charge is 0.491 e. The lowest BCUT2D eigenvalue weighted by molar-refractivity contribution is -0.0277. The smallest absolute Gasteiger partial charge is 0.119 e. The Bertz CT molecular complexity index is 662. The first-order valence-electron chi connectivity index (χ1n) is 15.6. The minimum atomic E-state index is 0.513. The van der Waals surface area contributed by atoms with Gasteiger partial charge in [-0.2, -0.15) is 0 Å². The number of ether oxygens (including phenoxy) is 12. The van der Waals surface area contributed by atoms with Crippen LogP contribution in [-0.4, -0.2) is 166 Å². The van der Waals surface area contributed by atoms with Crippen LogP contribution < -0.4 is 10.1 Å². The molecule has 1 aromatic carbocycles. The molecule has 258 valence electrons. The molecule has 0 aliphatic carbocycles. The molecular weight excluding hydrogens is 578 g/mol. The van der Waals surface area contributed by atoms with Crippen molar-refractivity contribution in [2.75, 3.05) is 166 Å². The van der Waals surface area contributed by atoms with E-state index in [1.807, 2.05) is 37.4 Å². The Kier molecular flexibility index (Phi) is 33.2. The van der Waals surface area contributed by atoms with Crippen LogP contribution in [0.25, 0.3) is 0 Å². The Morgan fingerprint density at radius 1 is 0.341 bits per heavy atom. The summed E-state index contributed by atoms with van der Waals surface area (Å²) in [4.78, 5) is 0. The van der Waals surface area contributed by atoms with Crippen LogP contribution in [-0.2, 0) is 52.1 Å². The zero-order chi connectivity index (χ0) is 31.3. The van der Waals surface area contributed by atoms with E-state index in [2.05, 4.69) is 5.32 Å². The highest BCUT2D eigenvalue weighted by atomic mass is 16.6. The van der Waals surface area contributed by atoms with E-state index in [9.17, 15) is 0 Å². The lowest BCUT2D eigenvalue weighted by atomic mass is 10.3. The van der Waals surface area contributed by atoms with Gasteiger partial charge >= 0.3 is 0 Å². The van der Waals surface area contributed by atoms with Crippen molar-refractivity contribution < 1.29 is 56.8 Å². The van der Waals surface area contributed by atoms with Crippen LogP contribution in [0.5, 0.6) is 5.75 Å². The van der Waals surface area contributed by atoms with Crippen molar-refractivity contribution in [2.45, 2.75) is 0 Å². The van der Waals surface area contributed by atoms with Gasteiger partial charge in [0.05, 0.1) is 145 Å². The fourth-order valence-electron chi connectivity index (χ4n) is 3.21. The predicted octanol–water partition coefficient (Wildman–Crippen LogP) is 1.47. The quantitative estimate of drug-likeness (QED) is 0.106. The molecule has 0 saturated heterocycles. The molecule has 1 rings (SSSR count). The highest BCUT2D eigenvalue weighted by molar-refractivity contribution is 5.20. The highest BCUT2D eigenvalue weighted by Gasteiger charge is 1.97. The summed E-state index contributed by atoms with van der Waals surface area (Å²) >= 11 is 0. The van der Waals surface area contributed by atoms with Crippen molar-refractivity contribution in [1.29, 1.82) is 0 Å². The highest BCUT2D eigenvalue weighted by Crippen LogP contribution is 2.07. The van der Waals surface area contributed by atoms with Gasteiger partial charge in [-0.15, -0.1) is 0 Å². The Morgan fingerprint density at radius 2 is 0.591 bits per heavy atom. The van der Waals surface area contributed by atoms with Gasteiger partial charge < -0.3 is 62.2 Å². The van der Waals surface area contributed by atoms with Crippen LogP contribution in [0, 0.1) is 0 Å². The van der Waals surface area contributed by atoms with E-state index in [4.69, 9.17) is 56.8 Å². The average molecular weight is 636 g/mol. The summed E-state index contributed by atoms with van der Waals surface area (Å²) < 4.78 is 65.6. The van der Waals surface area contributed by atoms with Crippen LogP contribution in [0.15, 0.2) is 30.3 Å². The van der Waals surface area contributed by atoms with Gasteiger partial charge in [0, 0.05) is 6.54 Å². The molecule has 0 heterocycles. The summed E-state index contributed by atoms with van der Waals surface area (Å²) in [5, 5.41) is 3.02. The van der Waals surface area contributed by atoms with Crippen LogP contribution >= 0.6 is 0 Å². The summed E-state index contributed by atoms with van der Waals surface area (Å²) in [5.41, 5.74) is 0. The van der Waals surface area contributed by atoms with Gasteiger partial charge in [0.1, 0.15) is 12.4 Å². The standard InChI is InChI=1S/C31H57NO12/c1-32-7-8-33-9-10-34-11-12-35-13-14-36-15-16-37-17-18-38-19-20-39-21-22-40-23-24-41-25-26-42-27-28-43-29-30-44-31-5-3-2-4-6-31/h2-6,32H,7-30H2,1H3. The maximum atomic E-state index is 5.55. The number of benzene rings is 1. The molecule has 0 aliphatic rings. The first kappa shape index (κ1) is 40.6. The molecule has 0 atom stereocenters. The van der Waals surface area contributed by atoms with Gasteiger partial charge in [0.15, 0.2) is 0 Å². The molecule has 13 heteroatoms. The van der Waals surface area contributed by atoms with Crippen LogP contribution in [0.4, 0.5) is 0 Å². The molecule has 1 N–H and O–H groups in total. The van der Waals surface area contributed by atoms with E-state index in [0.717, 1.165) is 12.3 Å². The normalized spacial score (nSPS) is 11.4. The Hall–Kier alpha value is -1.46. The number of hydrogen-bond donors (Lipinski definition) is 1. The minimum Gasteiger partial charge on any atom is -0.491 e. The number of para-hydroxylation sites is 1. The third-order valence-corrected chi connectivity index (χ3v) is 5.46. The molecule has 0 aliphatic heterocycles. The van der Waals surface area contributed by atoms with Crippen LogP contribution in [0.3, 0.4) is 0 Å². The lowest BCUT2D eigenvalue weighted by Gasteiger charge is -2.09. The first-order valence-corrected chi connectivity index (χ1v) is 15.6. The molecule has 0 spiro atoms. The summed E-state index contributed by atoms with van der Waals surface area (Å²) in [7, 11) is 1.90. The Balaban J connectivity index is 1.61. The lowest BCUT2D eigenvalue weighted by Crippen LogP contribution is -2.17. The zero-order valence-corrected chi connectivity index (χ0v) is 26.8. The topological polar surface area (TPSA) is 123 Å². The van der Waals surface area contributed by atoms with Crippen molar-refractivity contribution in [3.05, 3.63) is 30.3 Å². The van der Waals surface area contributed by atoms with E-state index in [1.54, 1.807) is 0 Å². The first-order chi connectivity index (χ1) is 21.9. The molecule has 0 radical (unpaired) electrons. The molecule has 0 amide bonds. The maximum absolute atomic E-state index is 5.55. The predicted molar refractivity (Wildman–Crippen MR) is 165 cm³/mol. The molecule has 44 heavy (non-hydrogen) atoms. The van der Waals surface area contributed by atoms with Crippen LogP contribution in [0.1, 0.15) is 0 Å². The van der Waals surface area contributed by atoms with E-state index < -0.39 is 0 Å². The maximum Gasteiger partial charge on any atom is 0.119 e. The second-order valence-corrected chi connectivity index (χ2v) is 9.00. The second-order valence-electron chi connectivity index (χ2n) is 9.00. The monoisotopic (exact) mass is 635 g/mol. The second kappa shape index (κ2) is 36.0. The third-order valence-electron chi connectivity index (χ3n) is 5.46. The zero-order valence-electron chi connectivity index (χ0n) is 26.8. The van der Waals surface area contributed by atoms with Crippen molar-refractivity contribution in [2.24, 2.45) is 0 Å².